The minimum atomic E-state index is 0.181. The number of benzene rings is 1. The molecule has 0 amide bonds. The first-order valence-corrected chi connectivity index (χ1v) is 7.75. The minimum absolute atomic E-state index is 0.181. The Morgan fingerprint density at radius 2 is 2.15 bits per heavy atom. The van der Waals surface area contributed by atoms with Crippen LogP contribution in [-0.2, 0) is 18.0 Å². The van der Waals surface area contributed by atoms with Gasteiger partial charge in [-0.1, -0.05) is 25.1 Å². The zero-order chi connectivity index (χ0) is 13.9. The minimum Gasteiger partial charge on any atom is -0.496 e. The van der Waals surface area contributed by atoms with Crippen LogP contribution in [0.5, 0.6) is 5.75 Å². The normalized spacial score (nSPS) is 15.1. The summed E-state index contributed by atoms with van der Waals surface area (Å²) in [5.74, 6) is 0.956. The molecule has 1 aromatic carbocycles. The highest BCUT2D eigenvalue weighted by Gasteiger charge is 2.21. The number of ether oxygens (including phenoxy) is 2. The van der Waals surface area contributed by atoms with Gasteiger partial charge in [-0.3, -0.25) is 0 Å². The average Bonchev–Trinajstić information content (AvgIpc) is 3.12. The Morgan fingerprint density at radius 3 is 2.95 bits per heavy atom. The molecule has 2 aromatic rings. The SMILES string of the molecule is CCNC(c1ccc2c(c1)COC2)c1sccc1OC. The number of hydrogen-bond donors (Lipinski definition) is 1. The maximum Gasteiger partial charge on any atom is 0.134 e. The lowest BCUT2D eigenvalue weighted by molar-refractivity contribution is 0.134. The predicted molar refractivity (Wildman–Crippen MR) is 81.3 cm³/mol. The molecule has 0 radical (unpaired) electrons. The van der Waals surface area contributed by atoms with E-state index in [0.717, 1.165) is 25.5 Å². The first-order chi connectivity index (χ1) is 9.83. The molecule has 1 aliphatic rings. The molecule has 106 valence electrons. The molecule has 4 heteroatoms. The lowest BCUT2D eigenvalue weighted by atomic mass is 9.99. The highest BCUT2D eigenvalue weighted by Crippen LogP contribution is 2.36. The van der Waals surface area contributed by atoms with Crippen LogP contribution in [0.4, 0.5) is 0 Å². The second-order valence-electron chi connectivity index (χ2n) is 4.86. The van der Waals surface area contributed by atoms with Gasteiger partial charge < -0.3 is 14.8 Å². The van der Waals surface area contributed by atoms with Crippen LogP contribution in [0.15, 0.2) is 29.6 Å². The van der Waals surface area contributed by atoms with Crippen LogP contribution in [0.25, 0.3) is 0 Å². The average molecular weight is 289 g/mol. The number of hydrogen-bond acceptors (Lipinski definition) is 4. The van der Waals surface area contributed by atoms with Crippen molar-refractivity contribution in [1.29, 1.82) is 0 Å². The Kier molecular flexibility index (Phi) is 4.05. The third kappa shape index (κ3) is 2.46. The summed E-state index contributed by atoms with van der Waals surface area (Å²) < 4.78 is 11.0. The van der Waals surface area contributed by atoms with E-state index in [9.17, 15) is 0 Å². The van der Waals surface area contributed by atoms with Crippen LogP contribution >= 0.6 is 11.3 Å². The van der Waals surface area contributed by atoms with Gasteiger partial charge >= 0.3 is 0 Å². The van der Waals surface area contributed by atoms with Crippen molar-refractivity contribution < 1.29 is 9.47 Å². The van der Waals surface area contributed by atoms with Gasteiger partial charge in [0.15, 0.2) is 0 Å². The fourth-order valence-corrected chi connectivity index (χ4v) is 3.59. The molecule has 0 fully saturated rings. The van der Waals surface area contributed by atoms with Gasteiger partial charge in [0, 0.05) is 0 Å². The standard InChI is InChI=1S/C16H19NO2S/c1-3-17-15(16-14(18-2)6-7-20-16)11-4-5-12-9-19-10-13(12)8-11/h4-8,15,17H,3,9-10H2,1-2H3. The van der Waals surface area contributed by atoms with Gasteiger partial charge in [-0.2, -0.15) is 0 Å². The maximum atomic E-state index is 5.50. The monoisotopic (exact) mass is 289 g/mol. The molecule has 1 aliphatic heterocycles. The third-order valence-electron chi connectivity index (χ3n) is 3.63. The van der Waals surface area contributed by atoms with Crippen molar-refractivity contribution in [2.75, 3.05) is 13.7 Å². The van der Waals surface area contributed by atoms with E-state index in [1.54, 1.807) is 18.4 Å². The molecule has 20 heavy (non-hydrogen) atoms. The molecule has 1 unspecified atom stereocenters. The first-order valence-electron chi connectivity index (χ1n) is 6.87. The van der Waals surface area contributed by atoms with Crippen LogP contribution in [-0.4, -0.2) is 13.7 Å². The number of rotatable bonds is 5. The summed E-state index contributed by atoms with van der Waals surface area (Å²) in [5.41, 5.74) is 3.89. The van der Waals surface area contributed by atoms with Crippen molar-refractivity contribution in [3.8, 4) is 5.75 Å². The van der Waals surface area contributed by atoms with E-state index >= 15 is 0 Å². The summed E-state index contributed by atoms with van der Waals surface area (Å²) in [6, 6.07) is 8.85. The van der Waals surface area contributed by atoms with E-state index in [1.165, 1.54) is 21.6 Å². The summed E-state index contributed by atoms with van der Waals surface area (Å²) in [6.45, 7) is 4.51. The maximum absolute atomic E-state index is 5.50. The fourth-order valence-electron chi connectivity index (χ4n) is 2.63. The zero-order valence-electron chi connectivity index (χ0n) is 11.8. The van der Waals surface area contributed by atoms with Gasteiger partial charge in [-0.25, -0.2) is 0 Å². The van der Waals surface area contributed by atoms with E-state index in [0.29, 0.717) is 0 Å². The van der Waals surface area contributed by atoms with Gasteiger partial charge in [-0.15, -0.1) is 11.3 Å². The molecule has 3 nitrogen and oxygen atoms in total. The Bertz CT molecular complexity index is 594. The highest BCUT2D eigenvalue weighted by atomic mass is 32.1. The second kappa shape index (κ2) is 5.95. The molecule has 0 saturated heterocycles. The summed E-state index contributed by atoms with van der Waals surface area (Å²) in [5, 5.41) is 5.64. The molecule has 3 rings (SSSR count). The number of methoxy groups -OCH3 is 1. The Hall–Kier alpha value is -1.36. The molecule has 2 heterocycles. The molecule has 1 aromatic heterocycles. The Labute approximate surface area is 123 Å². The van der Waals surface area contributed by atoms with Crippen molar-refractivity contribution in [3.63, 3.8) is 0 Å². The summed E-state index contributed by atoms with van der Waals surface area (Å²) in [6.07, 6.45) is 0. The number of nitrogens with one attached hydrogen (secondary N) is 1. The number of thiophene rings is 1. The van der Waals surface area contributed by atoms with Crippen LogP contribution in [0.2, 0.25) is 0 Å². The molecular formula is C16H19NO2S. The number of fused-ring (bicyclic) bond motifs is 1. The van der Waals surface area contributed by atoms with E-state index < -0.39 is 0 Å². The summed E-state index contributed by atoms with van der Waals surface area (Å²) in [7, 11) is 1.73. The van der Waals surface area contributed by atoms with E-state index in [1.807, 2.05) is 6.07 Å². The van der Waals surface area contributed by atoms with E-state index in [2.05, 4.69) is 35.8 Å². The smallest absolute Gasteiger partial charge is 0.134 e. The molecule has 0 spiro atoms. The van der Waals surface area contributed by atoms with Crippen molar-refractivity contribution >= 4 is 11.3 Å². The van der Waals surface area contributed by atoms with Crippen molar-refractivity contribution in [3.05, 3.63) is 51.2 Å². The molecule has 1 atom stereocenters. The van der Waals surface area contributed by atoms with Gasteiger partial charge in [0.25, 0.3) is 0 Å². The van der Waals surface area contributed by atoms with Gasteiger partial charge in [0.1, 0.15) is 5.75 Å². The van der Waals surface area contributed by atoms with Crippen LogP contribution in [0.1, 0.15) is 34.5 Å². The fraction of sp³-hybridized carbons (Fsp3) is 0.375. The first kappa shape index (κ1) is 13.6. The second-order valence-corrected chi connectivity index (χ2v) is 5.81. The lowest BCUT2D eigenvalue weighted by Crippen LogP contribution is -2.21. The predicted octanol–water partition coefficient (Wildman–Crippen LogP) is 3.49. The van der Waals surface area contributed by atoms with Crippen molar-refractivity contribution in [1.82, 2.24) is 5.32 Å². The van der Waals surface area contributed by atoms with Gasteiger partial charge in [0.2, 0.25) is 0 Å². The quantitative estimate of drug-likeness (QED) is 0.914. The Balaban J connectivity index is 1.98. The molecule has 1 N–H and O–H groups in total. The van der Waals surface area contributed by atoms with Crippen LogP contribution in [0, 0.1) is 0 Å². The largest absolute Gasteiger partial charge is 0.496 e. The van der Waals surface area contributed by atoms with Gasteiger partial charge in [0.05, 0.1) is 31.2 Å². The zero-order valence-corrected chi connectivity index (χ0v) is 12.6. The third-order valence-corrected chi connectivity index (χ3v) is 4.59. The molecule has 0 bridgehead atoms. The van der Waals surface area contributed by atoms with Crippen molar-refractivity contribution in [2.24, 2.45) is 0 Å². The molecular weight excluding hydrogens is 270 g/mol. The highest BCUT2D eigenvalue weighted by molar-refractivity contribution is 7.10. The summed E-state index contributed by atoms with van der Waals surface area (Å²) >= 11 is 1.73. The van der Waals surface area contributed by atoms with Crippen LogP contribution < -0.4 is 10.1 Å². The Morgan fingerprint density at radius 1 is 1.30 bits per heavy atom. The van der Waals surface area contributed by atoms with Gasteiger partial charge in [-0.05, 0) is 34.7 Å². The molecule has 0 saturated carbocycles. The topological polar surface area (TPSA) is 30.5 Å². The van der Waals surface area contributed by atoms with E-state index in [-0.39, 0.29) is 6.04 Å². The van der Waals surface area contributed by atoms with E-state index in [4.69, 9.17) is 9.47 Å². The van der Waals surface area contributed by atoms with Crippen molar-refractivity contribution in [2.45, 2.75) is 26.2 Å². The summed E-state index contributed by atoms with van der Waals surface area (Å²) in [4.78, 5) is 1.23. The molecule has 0 aliphatic carbocycles. The van der Waals surface area contributed by atoms with Crippen LogP contribution in [0.3, 0.4) is 0 Å². The lowest BCUT2D eigenvalue weighted by Gasteiger charge is -2.19.